The fourth-order valence-corrected chi connectivity index (χ4v) is 1.73. The van der Waals surface area contributed by atoms with Crippen LogP contribution in [-0.4, -0.2) is 31.4 Å². The maximum absolute atomic E-state index is 11.4. The van der Waals surface area contributed by atoms with Gasteiger partial charge in [0.05, 0.1) is 12.5 Å². The van der Waals surface area contributed by atoms with E-state index in [9.17, 15) is 4.79 Å². The highest BCUT2D eigenvalue weighted by molar-refractivity contribution is 7.80. The van der Waals surface area contributed by atoms with Crippen molar-refractivity contribution in [2.45, 2.75) is 6.92 Å². The number of ether oxygens (including phenoxy) is 1. The largest absolute Gasteiger partial charge is 0.466 e. The zero-order valence-corrected chi connectivity index (χ0v) is 8.64. The Morgan fingerprint density at radius 3 is 3.08 bits per heavy atom. The van der Waals surface area contributed by atoms with Crippen molar-refractivity contribution in [3.63, 3.8) is 0 Å². The molecule has 3 nitrogen and oxygen atoms in total. The van der Waals surface area contributed by atoms with Crippen LogP contribution in [0.2, 0.25) is 0 Å². The Hall–Kier alpha value is -0.480. The lowest BCUT2D eigenvalue weighted by atomic mass is 10.0. The molecule has 1 aliphatic rings. The maximum Gasteiger partial charge on any atom is 0.313 e. The first-order chi connectivity index (χ1) is 6.29. The Labute approximate surface area is 83.9 Å². The number of hydrogen-bond acceptors (Lipinski definition) is 4. The third-order valence-corrected chi connectivity index (χ3v) is 2.40. The van der Waals surface area contributed by atoms with E-state index >= 15 is 0 Å². The Kier molecular flexibility index (Phi) is 4.32. The number of rotatable bonds is 4. The minimum atomic E-state index is -0.168. The highest BCUT2D eigenvalue weighted by atomic mass is 32.1. The number of nitrogens with one attached hydrogen (secondary N) is 1. The molecule has 0 spiro atoms. The van der Waals surface area contributed by atoms with Crippen LogP contribution in [-0.2, 0) is 9.53 Å². The predicted octanol–water partition coefficient (Wildman–Crippen LogP) is 0.625. The molecular formula is C9H15NO2S. The Morgan fingerprint density at radius 2 is 2.62 bits per heavy atom. The van der Waals surface area contributed by atoms with E-state index in [0.29, 0.717) is 12.4 Å². The van der Waals surface area contributed by atoms with E-state index in [4.69, 9.17) is 4.74 Å². The maximum atomic E-state index is 11.4. The van der Waals surface area contributed by atoms with E-state index in [1.165, 1.54) is 0 Å². The smallest absolute Gasteiger partial charge is 0.313 e. The van der Waals surface area contributed by atoms with Gasteiger partial charge in [0.25, 0.3) is 0 Å². The first kappa shape index (κ1) is 10.6. The summed E-state index contributed by atoms with van der Waals surface area (Å²) >= 11 is 4.15. The Balaban J connectivity index is 2.55. The van der Waals surface area contributed by atoms with Gasteiger partial charge in [-0.05, 0) is 12.5 Å². The molecule has 0 aliphatic carbocycles. The third-order valence-electron chi connectivity index (χ3n) is 2.04. The fraction of sp³-hybridized carbons (Fsp3) is 0.667. The zero-order valence-electron chi connectivity index (χ0n) is 7.75. The zero-order chi connectivity index (χ0) is 9.68. The summed E-state index contributed by atoms with van der Waals surface area (Å²) in [5.41, 5.74) is 1.11. The van der Waals surface area contributed by atoms with E-state index < -0.39 is 0 Å². The summed E-state index contributed by atoms with van der Waals surface area (Å²) in [6.45, 7) is 3.88. The molecule has 0 radical (unpaired) electrons. The van der Waals surface area contributed by atoms with Crippen LogP contribution in [0.15, 0.2) is 11.6 Å². The summed E-state index contributed by atoms with van der Waals surface area (Å²) in [5.74, 6) is 0.192. The highest BCUT2D eigenvalue weighted by Crippen LogP contribution is 2.16. The van der Waals surface area contributed by atoms with Gasteiger partial charge in [0, 0.05) is 18.8 Å². The van der Waals surface area contributed by atoms with Gasteiger partial charge in [-0.1, -0.05) is 6.08 Å². The first-order valence-corrected chi connectivity index (χ1v) is 5.10. The molecular weight excluding hydrogens is 186 g/mol. The lowest BCUT2D eigenvalue weighted by molar-refractivity contribution is -0.145. The number of esters is 1. The van der Waals surface area contributed by atoms with E-state index in [2.05, 4.69) is 17.9 Å². The quantitative estimate of drug-likeness (QED) is 0.398. The molecule has 1 rings (SSSR count). The van der Waals surface area contributed by atoms with Crippen molar-refractivity contribution in [1.82, 2.24) is 5.32 Å². The average Bonchev–Trinajstić information content (AvgIpc) is 2.59. The molecule has 0 aromatic carbocycles. The third kappa shape index (κ3) is 2.74. The normalized spacial score (nSPS) is 18.2. The molecule has 0 saturated heterocycles. The van der Waals surface area contributed by atoms with Crippen LogP contribution in [0.4, 0.5) is 0 Å². The number of hydrogen-bond donors (Lipinski definition) is 2. The molecule has 4 heteroatoms. The van der Waals surface area contributed by atoms with E-state index in [1.54, 1.807) is 0 Å². The minimum Gasteiger partial charge on any atom is -0.466 e. The second-order valence-corrected chi connectivity index (χ2v) is 3.26. The molecule has 1 atom stereocenters. The van der Waals surface area contributed by atoms with Crippen molar-refractivity contribution < 1.29 is 9.53 Å². The monoisotopic (exact) mass is 201 g/mol. The van der Waals surface area contributed by atoms with Gasteiger partial charge in [0.1, 0.15) is 0 Å². The van der Waals surface area contributed by atoms with Crippen LogP contribution >= 0.6 is 12.6 Å². The van der Waals surface area contributed by atoms with Crippen molar-refractivity contribution in [2.24, 2.45) is 5.92 Å². The first-order valence-electron chi connectivity index (χ1n) is 4.46. The number of carbonyl (C=O) groups is 1. The molecule has 0 amide bonds. The number of carbonyl (C=O) groups excluding carboxylic acids is 1. The van der Waals surface area contributed by atoms with Crippen LogP contribution in [0.1, 0.15) is 6.92 Å². The van der Waals surface area contributed by atoms with Crippen molar-refractivity contribution in [3.8, 4) is 0 Å². The van der Waals surface area contributed by atoms with Gasteiger partial charge in [0.15, 0.2) is 0 Å². The van der Waals surface area contributed by atoms with Gasteiger partial charge < -0.3 is 10.1 Å². The van der Waals surface area contributed by atoms with Crippen LogP contribution in [0.25, 0.3) is 0 Å². The van der Waals surface area contributed by atoms with Crippen LogP contribution < -0.4 is 5.32 Å². The standard InChI is InChI=1S/C9H15NO2S/c1-2-12-9(11)8(6-13)7-3-4-10-5-7/h3,8,10,13H,2,4-6H2,1H3. The number of thiol groups is 1. The average molecular weight is 201 g/mol. The molecule has 74 valence electrons. The minimum absolute atomic E-state index is 0.160. The topological polar surface area (TPSA) is 38.3 Å². The molecule has 1 aliphatic heterocycles. The van der Waals surface area contributed by atoms with Crippen molar-refractivity contribution in [2.75, 3.05) is 25.4 Å². The summed E-state index contributed by atoms with van der Waals surface area (Å²) in [6, 6.07) is 0. The van der Waals surface area contributed by atoms with E-state index in [-0.39, 0.29) is 11.9 Å². The molecule has 0 aromatic rings. The Bertz CT molecular complexity index is 216. The van der Waals surface area contributed by atoms with Crippen molar-refractivity contribution >= 4 is 18.6 Å². The SMILES string of the molecule is CCOC(=O)C(CS)C1=CCNC1. The van der Waals surface area contributed by atoms with Crippen LogP contribution in [0, 0.1) is 5.92 Å². The Morgan fingerprint density at radius 1 is 1.85 bits per heavy atom. The van der Waals surface area contributed by atoms with Gasteiger partial charge in [-0.2, -0.15) is 12.6 Å². The van der Waals surface area contributed by atoms with Crippen molar-refractivity contribution in [3.05, 3.63) is 11.6 Å². The molecule has 13 heavy (non-hydrogen) atoms. The van der Waals surface area contributed by atoms with E-state index in [0.717, 1.165) is 18.7 Å². The van der Waals surface area contributed by atoms with Gasteiger partial charge >= 0.3 is 5.97 Å². The van der Waals surface area contributed by atoms with Gasteiger partial charge in [0.2, 0.25) is 0 Å². The molecule has 1 N–H and O–H groups in total. The summed E-state index contributed by atoms with van der Waals surface area (Å²) in [5, 5.41) is 3.15. The lowest BCUT2D eigenvalue weighted by Crippen LogP contribution is -2.24. The summed E-state index contributed by atoms with van der Waals surface area (Å²) in [7, 11) is 0. The summed E-state index contributed by atoms with van der Waals surface area (Å²) < 4.78 is 4.95. The van der Waals surface area contributed by atoms with Crippen LogP contribution in [0.5, 0.6) is 0 Å². The molecule has 0 bridgehead atoms. The molecule has 1 heterocycles. The second kappa shape index (κ2) is 5.29. The van der Waals surface area contributed by atoms with Crippen LogP contribution in [0.3, 0.4) is 0 Å². The van der Waals surface area contributed by atoms with Gasteiger partial charge in [-0.15, -0.1) is 0 Å². The summed E-state index contributed by atoms with van der Waals surface area (Å²) in [6.07, 6.45) is 2.04. The second-order valence-electron chi connectivity index (χ2n) is 2.90. The fourth-order valence-electron chi connectivity index (χ4n) is 1.34. The molecule has 0 aromatic heterocycles. The highest BCUT2D eigenvalue weighted by Gasteiger charge is 2.23. The van der Waals surface area contributed by atoms with E-state index in [1.807, 2.05) is 13.0 Å². The van der Waals surface area contributed by atoms with Gasteiger partial charge in [-0.25, -0.2) is 0 Å². The summed E-state index contributed by atoms with van der Waals surface area (Å²) in [4.78, 5) is 11.4. The lowest BCUT2D eigenvalue weighted by Gasteiger charge is -2.13. The molecule has 1 unspecified atom stereocenters. The van der Waals surface area contributed by atoms with Crippen molar-refractivity contribution in [1.29, 1.82) is 0 Å². The molecule has 0 saturated carbocycles. The molecule has 0 fully saturated rings. The van der Waals surface area contributed by atoms with Gasteiger partial charge in [-0.3, -0.25) is 4.79 Å². The predicted molar refractivity (Wildman–Crippen MR) is 54.9 cm³/mol.